The number of carbonyl (C=O) groups excluding carboxylic acids is 1. The number of nitrogens with zero attached hydrogens (tertiary/aromatic N) is 3. The Hall–Kier alpha value is -3.20. The van der Waals surface area contributed by atoms with Gasteiger partial charge in [0.1, 0.15) is 17.3 Å². The molecule has 1 N–H and O–H groups in total. The molecule has 1 aliphatic rings. The number of amides is 1. The quantitative estimate of drug-likeness (QED) is 0.452. The number of nitrogens with one attached hydrogen (secondary N) is 1. The van der Waals surface area contributed by atoms with Crippen molar-refractivity contribution in [2.45, 2.75) is 64.5 Å². The van der Waals surface area contributed by atoms with Crippen LogP contribution in [0.15, 0.2) is 34.7 Å². The molecule has 0 atom stereocenters. The third-order valence-corrected chi connectivity index (χ3v) is 6.31. The lowest BCUT2D eigenvalue weighted by Crippen LogP contribution is -2.61. The first-order valence-electron chi connectivity index (χ1n) is 11.4. The van der Waals surface area contributed by atoms with Crippen molar-refractivity contribution < 1.29 is 23.1 Å². The van der Waals surface area contributed by atoms with E-state index in [1.807, 2.05) is 39.8 Å². The van der Waals surface area contributed by atoms with Crippen molar-refractivity contribution >= 4 is 17.5 Å². The van der Waals surface area contributed by atoms with E-state index in [2.05, 4.69) is 20.5 Å². The Morgan fingerprint density at radius 2 is 1.97 bits per heavy atom. The summed E-state index contributed by atoms with van der Waals surface area (Å²) in [7, 11) is 0. The second kappa shape index (κ2) is 9.81. The highest BCUT2D eigenvalue weighted by atomic mass is 35.5. The summed E-state index contributed by atoms with van der Waals surface area (Å²) in [5, 5.41) is 11.3. The van der Waals surface area contributed by atoms with Crippen LogP contribution in [0.4, 0.5) is 4.39 Å². The van der Waals surface area contributed by atoms with Gasteiger partial charge in [-0.05, 0) is 57.4 Å². The Labute approximate surface area is 208 Å². The summed E-state index contributed by atoms with van der Waals surface area (Å²) in [5.41, 5.74) is 1.00. The van der Waals surface area contributed by atoms with Gasteiger partial charge in [0.2, 0.25) is 5.89 Å². The number of carbonyl (C=O) groups is 1. The number of hydrogen-bond acceptors (Lipinski definition) is 7. The average molecular weight is 503 g/mol. The number of ether oxygens (including phenoxy) is 2. The molecule has 186 valence electrons. The molecule has 2 aromatic heterocycles. The van der Waals surface area contributed by atoms with Gasteiger partial charge in [-0.15, -0.1) is 10.2 Å². The monoisotopic (exact) mass is 502 g/mol. The van der Waals surface area contributed by atoms with E-state index in [0.29, 0.717) is 30.4 Å². The van der Waals surface area contributed by atoms with Crippen LogP contribution >= 0.6 is 11.6 Å². The highest BCUT2D eigenvalue weighted by Gasteiger charge is 2.53. The van der Waals surface area contributed by atoms with E-state index >= 15 is 0 Å². The molecule has 1 fully saturated rings. The van der Waals surface area contributed by atoms with Crippen LogP contribution in [0.3, 0.4) is 0 Å². The van der Waals surface area contributed by atoms with Crippen LogP contribution in [0.2, 0.25) is 5.02 Å². The number of benzene rings is 1. The van der Waals surface area contributed by atoms with Crippen LogP contribution in [-0.2, 0) is 23.2 Å². The zero-order chi connectivity index (χ0) is 25.2. The average Bonchev–Trinajstić information content (AvgIpc) is 3.27. The number of pyridine rings is 1. The maximum Gasteiger partial charge on any atom is 0.258 e. The standard InChI is InChI=1S/C25H28ClFN4O4/c1-5-19-20(9-6-15(2)28-19)34-12-22-30-31-23(35-22)24(3)13-25(4,14-24)29-21(32)11-33-16-7-8-17(26)18(27)10-16/h6-10H,5,11-14H2,1-4H3,(H,29,32). The maximum atomic E-state index is 13.5. The Morgan fingerprint density at radius 3 is 2.69 bits per heavy atom. The lowest BCUT2D eigenvalue weighted by molar-refractivity contribution is -0.127. The van der Waals surface area contributed by atoms with Crippen LogP contribution in [-0.4, -0.2) is 33.2 Å². The van der Waals surface area contributed by atoms with Gasteiger partial charge in [0.05, 0.1) is 16.1 Å². The number of halogens is 2. The van der Waals surface area contributed by atoms with Gasteiger partial charge in [-0.3, -0.25) is 9.78 Å². The molecule has 0 bridgehead atoms. The van der Waals surface area contributed by atoms with E-state index in [-0.39, 0.29) is 35.3 Å². The van der Waals surface area contributed by atoms with Gasteiger partial charge in [-0.25, -0.2) is 4.39 Å². The van der Waals surface area contributed by atoms with E-state index in [1.54, 1.807) is 0 Å². The molecule has 4 rings (SSSR count). The molecule has 2 heterocycles. The lowest BCUT2D eigenvalue weighted by atomic mass is 9.59. The van der Waals surface area contributed by atoms with Crippen LogP contribution in [0.25, 0.3) is 0 Å². The summed E-state index contributed by atoms with van der Waals surface area (Å²) in [4.78, 5) is 16.9. The Bertz CT molecular complexity index is 1230. The minimum Gasteiger partial charge on any atom is -0.484 e. The molecule has 0 saturated heterocycles. The van der Waals surface area contributed by atoms with Crippen molar-refractivity contribution in [2.75, 3.05) is 6.61 Å². The van der Waals surface area contributed by atoms with Crippen molar-refractivity contribution in [3.8, 4) is 11.5 Å². The van der Waals surface area contributed by atoms with Gasteiger partial charge in [0.25, 0.3) is 11.8 Å². The minimum atomic E-state index is -0.600. The summed E-state index contributed by atoms with van der Waals surface area (Å²) in [6.45, 7) is 7.85. The van der Waals surface area contributed by atoms with E-state index < -0.39 is 11.4 Å². The third kappa shape index (κ3) is 5.73. The smallest absolute Gasteiger partial charge is 0.258 e. The van der Waals surface area contributed by atoms with Crippen molar-refractivity contribution in [2.24, 2.45) is 0 Å². The zero-order valence-corrected chi connectivity index (χ0v) is 20.9. The SMILES string of the molecule is CCc1nc(C)ccc1OCc1nnc(C2(C)CC(C)(NC(=O)COc3ccc(Cl)c(F)c3)C2)o1. The van der Waals surface area contributed by atoms with Gasteiger partial charge < -0.3 is 19.2 Å². The zero-order valence-electron chi connectivity index (χ0n) is 20.2. The molecule has 0 spiro atoms. The molecular formula is C25H28ClFN4O4. The topological polar surface area (TPSA) is 99.4 Å². The fraction of sp³-hybridized carbons (Fsp3) is 0.440. The van der Waals surface area contributed by atoms with E-state index in [0.717, 1.165) is 23.9 Å². The van der Waals surface area contributed by atoms with Crippen LogP contribution < -0.4 is 14.8 Å². The van der Waals surface area contributed by atoms with Gasteiger partial charge in [-0.1, -0.05) is 25.4 Å². The molecule has 35 heavy (non-hydrogen) atoms. The highest BCUT2D eigenvalue weighted by molar-refractivity contribution is 6.30. The second-order valence-corrected chi connectivity index (χ2v) is 9.84. The summed E-state index contributed by atoms with van der Waals surface area (Å²) >= 11 is 5.66. The second-order valence-electron chi connectivity index (χ2n) is 9.43. The number of hydrogen-bond donors (Lipinski definition) is 1. The van der Waals surface area contributed by atoms with Crippen molar-refractivity contribution in [3.63, 3.8) is 0 Å². The lowest BCUT2D eigenvalue weighted by Gasteiger charge is -2.51. The molecule has 1 aliphatic carbocycles. The fourth-order valence-electron chi connectivity index (χ4n) is 4.68. The van der Waals surface area contributed by atoms with E-state index in [1.165, 1.54) is 12.1 Å². The van der Waals surface area contributed by atoms with Crippen molar-refractivity contribution in [1.29, 1.82) is 0 Å². The third-order valence-electron chi connectivity index (χ3n) is 6.00. The molecule has 0 aliphatic heterocycles. The van der Waals surface area contributed by atoms with Crippen LogP contribution in [0, 0.1) is 12.7 Å². The number of aryl methyl sites for hydroxylation is 2. The maximum absolute atomic E-state index is 13.5. The van der Waals surface area contributed by atoms with Crippen LogP contribution in [0.5, 0.6) is 11.5 Å². The minimum absolute atomic E-state index is 0.00307. The summed E-state index contributed by atoms with van der Waals surface area (Å²) in [6.07, 6.45) is 1.99. The first kappa shape index (κ1) is 24.9. The molecule has 1 aromatic carbocycles. The predicted octanol–water partition coefficient (Wildman–Crippen LogP) is 4.71. The van der Waals surface area contributed by atoms with E-state index in [9.17, 15) is 9.18 Å². The summed E-state index contributed by atoms with van der Waals surface area (Å²) in [5.74, 6) is 0.920. The van der Waals surface area contributed by atoms with Crippen LogP contribution in [0.1, 0.15) is 56.8 Å². The molecule has 3 aromatic rings. The Morgan fingerprint density at radius 1 is 1.20 bits per heavy atom. The first-order chi connectivity index (χ1) is 16.6. The van der Waals surface area contributed by atoms with Crippen molar-refractivity contribution in [1.82, 2.24) is 20.5 Å². The molecule has 0 radical (unpaired) electrons. The molecule has 8 nitrogen and oxygen atoms in total. The summed E-state index contributed by atoms with van der Waals surface area (Å²) < 4.78 is 30.6. The van der Waals surface area contributed by atoms with E-state index in [4.69, 9.17) is 25.5 Å². The molecule has 1 amide bonds. The highest BCUT2D eigenvalue weighted by Crippen LogP contribution is 2.49. The first-order valence-corrected chi connectivity index (χ1v) is 11.8. The predicted molar refractivity (Wildman–Crippen MR) is 127 cm³/mol. The Balaban J connectivity index is 1.29. The van der Waals surface area contributed by atoms with Gasteiger partial charge in [0.15, 0.2) is 13.2 Å². The molecule has 10 heteroatoms. The number of aromatic nitrogens is 3. The summed E-state index contributed by atoms with van der Waals surface area (Å²) in [6, 6.07) is 7.83. The molecular weight excluding hydrogens is 475 g/mol. The fourth-order valence-corrected chi connectivity index (χ4v) is 4.79. The number of rotatable bonds is 9. The Kier molecular flexibility index (Phi) is 6.98. The van der Waals surface area contributed by atoms with Gasteiger partial charge in [-0.2, -0.15) is 0 Å². The largest absolute Gasteiger partial charge is 0.484 e. The van der Waals surface area contributed by atoms with Gasteiger partial charge in [0, 0.05) is 17.3 Å². The van der Waals surface area contributed by atoms with Gasteiger partial charge >= 0.3 is 0 Å². The molecule has 0 unspecified atom stereocenters. The van der Waals surface area contributed by atoms with Crippen molar-refractivity contribution in [3.05, 3.63) is 64.3 Å². The molecule has 1 saturated carbocycles. The normalized spacial score (nSPS) is 21.3.